The standard InChI is InChI=1S/C21H17F2N3O4/c1-9-8-25-19(30-21(22)23)16-15(14(20(27)28)10(2)26-17(9)16)13-4-3-11(7-24)12-5-6-29-18(12)13/h3-4,8,15,21,26H,5-6H2,1-2H3,(H,27,28). The van der Waals surface area contributed by atoms with Crippen LogP contribution in [0.4, 0.5) is 14.5 Å². The number of nitrogens with one attached hydrogen (secondary N) is 1. The zero-order chi connectivity index (χ0) is 21.6. The summed E-state index contributed by atoms with van der Waals surface area (Å²) in [5.74, 6) is -2.14. The van der Waals surface area contributed by atoms with Gasteiger partial charge in [-0.05, 0) is 25.5 Å². The summed E-state index contributed by atoms with van der Waals surface area (Å²) in [7, 11) is 0. The zero-order valence-electron chi connectivity index (χ0n) is 16.1. The fraction of sp³-hybridized carbons (Fsp3) is 0.286. The third-order valence-corrected chi connectivity index (χ3v) is 5.32. The van der Waals surface area contributed by atoms with Gasteiger partial charge < -0.3 is 19.9 Å². The Morgan fingerprint density at radius 3 is 2.87 bits per heavy atom. The number of nitrogens with zero attached hydrogens (tertiary/aromatic N) is 2. The Morgan fingerprint density at radius 1 is 1.43 bits per heavy atom. The molecule has 2 aliphatic rings. The number of nitriles is 1. The van der Waals surface area contributed by atoms with Gasteiger partial charge in [-0.15, -0.1) is 0 Å². The third-order valence-electron chi connectivity index (χ3n) is 5.32. The van der Waals surface area contributed by atoms with Crippen LogP contribution in [-0.4, -0.2) is 29.3 Å². The molecular weight excluding hydrogens is 396 g/mol. The van der Waals surface area contributed by atoms with Crippen molar-refractivity contribution in [2.24, 2.45) is 0 Å². The third kappa shape index (κ3) is 3.01. The molecule has 0 saturated heterocycles. The van der Waals surface area contributed by atoms with Crippen LogP contribution >= 0.6 is 0 Å². The first-order valence-electron chi connectivity index (χ1n) is 9.17. The maximum Gasteiger partial charge on any atom is 0.388 e. The molecular formula is C21H17F2N3O4. The van der Waals surface area contributed by atoms with E-state index in [-0.39, 0.29) is 17.0 Å². The molecule has 9 heteroatoms. The number of aliphatic carboxylic acids is 1. The van der Waals surface area contributed by atoms with E-state index in [9.17, 15) is 23.9 Å². The highest BCUT2D eigenvalue weighted by atomic mass is 19.3. The van der Waals surface area contributed by atoms with Gasteiger partial charge in [-0.3, -0.25) is 0 Å². The summed E-state index contributed by atoms with van der Waals surface area (Å²) < 4.78 is 36.6. The molecule has 0 bridgehead atoms. The molecule has 2 aliphatic heterocycles. The number of rotatable bonds is 4. The number of carboxylic acid groups (broad SMARTS) is 1. The molecule has 2 aromatic rings. The fourth-order valence-corrected chi connectivity index (χ4v) is 4.08. The summed E-state index contributed by atoms with van der Waals surface area (Å²) in [6, 6.07) is 5.31. The van der Waals surface area contributed by atoms with Crippen LogP contribution in [0.25, 0.3) is 0 Å². The Labute approximate surface area is 170 Å². The lowest BCUT2D eigenvalue weighted by Gasteiger charge is -2.32. The molecule has 0 saturated carbocycles. The zero-order valence-corrected chi connectivity index (χ0v) is 16.1. The van der Waals surface area contributed by atoms with Gasteiger partial charge in [-0.1, -0.05) is 6.07 Å². The number of aryl methyl sites for hydroxylation is 1. The van der Waals surface area contributed by atoms with Crippen molar-refractivity contribution in [2.75, 3.05) is 11.9 Å². The molecule has 0 spiro atoms. The van der Waals surface area contributed by atoms with Crippen LogP contribution in [0.5, 0.6) is 11.6 Å². The molecule has 2 N–H and O–H groups in total. The SMILES string of the molecule is CC1=C(C(=O)O)C(c2ccc(C#N)c3c2OCC3)c2c(OC(F)F)ncc(C)c2N1. The van der Waals surface area contributed by atoms with Crippen molar-refractivity contribution in [1.29, 1.82) is 5.26 Å². The van der Waals surface area contributed by atoms with Crippen LogP contribution in [0.1, 0.15) is 40.7 Å². The minimum atomic E-state index is -3.13. The Balaban J connectivity index is 2.04. The van der Waals surface area contributed by atoms with E-state index in [0.29, 0.717) is 52.4 Å². The molecule has 7 nitrogen and oxygen atoms in total. The number of pyridine rings is 1. The summed E-state index contributed by atoms with van der Waals surface area (Å²) in [6.07, 6.45) is 1.89. The lowest BCUT2D eigenvalue weighted by Crippen LogP contribution is -2.25. The number of fused-ring (bicyclic) bond motifs is 2. The number of hydrogen-bond donors (Lipinski definition) is 2. The molecule has 30 heavy (non-hydrogen) atoms. The van der Waals surface area contributed by atoms with Crippen LogP contribution < -0.4 is 14.8 Å². The number of hydrogen-bond acceptors (Lipinski definition) is 6. The molecule has 1 aromatic carbocycles. The van der Waals surface area contributed by atoms with Crippen LogP contribution in [0, 0.1) is 18.3 Å². The van der Waals surface area contributed by atoms with Crippen LogP contribution in [-0.2, 0) is 11.2 Å². The Kier molecular flexibility index (Phi) is 4.78. The normalized spacial score (nSPS) is 17.0. The first-order valence-corrected chi connectivity index (χ1v) is 9.17. The molecule has 0 fully saturated rings. The average Bonchev–Trinajstić information content (AvgIpc) is 3.18. The van der Waals surface area contributed by atoms with Crippen molar-refractivity contribution in [1.82, 2.24) is 4.98 Å². The largest absolute Gasteiger partial charge is 0.493 e. The molecule has 1 aromatic heterocycles. The van der Waals surface area contributed by atoms with Crippen LogP contribution in [0.2, 0.25) is 0 Å². The van der Waals surface area contributed by atoms with Crippen molar-refractivity contribution < 1.29 is 28.2 Å². The highest BCUT2D eigenvalue weighted by molar-refractivity contribution is 5.94. The number of aromatic nitrogens is 1. The van der Waals surface area contributed by atoms with E-state index in [1.54, 1.807) is 26.0 Å². The van der Waals surface area contributed by atoms with Gasteiger partial charge in [-0.25, -0.2) is 9.78 Å². The number of alkyl halides is 2. The van der Waals surface area contributed by atoms with Crippen LogP contribution in [0.15, 0.2) is 29.6 Å². The van der Waals surface area contributed by atoms with Crippen molar-refractivity contribution in [3.05, 3.63) is 57.4 Å². The summed E-state index contributed by atoms with van der Waals surface area (Å²) in [4.78, 5) is 16.2. The number of halogens is 2. The van der Waals surface area contributed by atoms with E-state index in [2.05, 4.69) is 21.1 Å². The second-order valence-corrected chi connectivity index (χ2v) is 7.04. The van der Waals surface area contributed by atoms with Gasteiger partial charge in [0.2, 0.25) is 5.88 Å². The van der Waals surface area contributed by atoms with Gasteiger partial charge in [-0.2, -0.15) is 14.0 Å². The van der Waals surface area contributed by atoms with Gasteiger partial charge in [0.15, 0.2) is 0 Å². The highest BCUT2D eigenvalue weighted by Gasteiger charge is 2.39. The smallest absolute Gasteiger partial charge is 0.388 e. The number of benzene rings is 1. The summed E-state index contributed by atoms with van der Waals surface area (Å²) in [6.45, 7) is 0.558. The predicted molar refractivity (Wildman–Crippen MR) is 102 cm³/mol. The first-order chi connectivity index (χ1) is 14.3. The topological polar surface area (TPSA) is 104 Å². The van der Waals surface area contributed by atoms with Crippen molar-refractivity contribution in [3.8, 4) is 17.7 Å². The molecule has 0 aliphatic carbocycles. The summed E-state index contributed by atoms with van der Waals surface area (Å²) >= 11 is 0. The van der Waals surface area contributed by atoms with E-state index in [1.807, 2.05) is 0 Å². The van der Waals surface area contributed by atoms with Gasteiger partial charge >= 0.3 is 12.6 Å². The monoisotopic (exact) mass is 413 g/mol. The quantitative estimate of drug-likeness (QED) is 0.787. The van der Waals surface area contributed by atoms with Gasteiger partial charge in [0.25, 0.3) is 0 Å². The lowest BCUT2D eigenvalue weighted by atomic mass is 9.79. The minimum Gasteiger partial charge on any atom is -0.493 e. The average molecular weight is 413 g/mol. The number of carbonyl (C=O) groups is 1. The first kappa shape index (κ1) is 19.6. The number of ether oxygens (including phenoxy) is 2. The molecule has 0 radical (unpaired) electrons. The molecule has 1 atom stereocenters. The maximum absolute atomic E-state index is 13.1. The molecule has 4 rings (SSSR count). The predicted octanol–water partition coefficient (Wildman–Crippen LogP) is 3.71. The van der Waals surface area contributed by atoms with Gasteiger partial charge in [0.05, 0.1) is 41.0 Å². The summed E-state index contributed by atoms with van der Waals surface area (Å²) in [5, 5.41) is 22.4. The van der Waals surface area contributed by atoms with E-state index < -0.39 is 18.5 Å². The van der Waals surface area contributed by atoms with Gasteiger partial charge in [0, 0.05) is 29.4 Å². The Morgan fingerprint density at radius 2 is 2.20 bits per heavy atom. The number of allylic oxidation sites excluding steroid dienone is 1. The number of anilines is 1. The van der Waals surface area contributed by atoms with Crippen molar-refractivity contribution in [2.45, 2.75) is 32.8 Å². The Bertz CT molecular complexity index is 1140. The molecule has 1 unspecified atom stereocenters. The van der Waals surface area contributed by atoms with E-state index >= 15 is 0 Å². The molecule has 3 heterocycles. The van der Waals surface area contributed by atoms with Crippen LogP contribution in [0.3, 0.4) is 0 Å². The maximum atomic E-state index is 13.1. The highest BCUT2D eigenvalue weighted by Crippen LogP contribution is 2.50. The molecule has 154 valence electrons. The van der Waals surface area contributed by atoms with E-state index in [4.69, 9.17) is 4.74 Å². The lowest BCUT2D eigenvalue weighted by molar-refractivity contribution is -0.133. The Hall–Kier alpha value is -3.67. The molecule has 0 amide bonds. The fourth-order valence-electron chi connectivity index (χ4n) is 4.08. The van der Waals surface area contributed by atoms with Crippen molar-refractivity contribution >= 4 is 11.7 Å². The van der Waals surface area contributed by atoms with Crippen molar-refractivity contribution in [3.63, 3.8) is 0 Å². The second-order valence-electron chi connectivity index (χ2n) is 7.04. The second kappa shape index (κ2) is 7.30. The summed E-state index contributed by atoms with van der Waals surface area (Å²) in [5.41, 5.74) is 3.22. The minimum absolute atomic E-state index is 0.0311. The number of carboxylic acids is 1. The van der Waals surface area contributed by atoms with Gasteiger partial charge in [0.1, 0.15) is 5.75 Å². The van der Waals surface area contributed by atoms with E-state index in [0.717, 1.165) is 0 Å². The van der Waals surface area contributed by atoms with E-state index in [1.165, 1.54) is 6.20 Å².